The number of anilines is 1. The number of pyridine rings is 1. The smallest absolute Gasteiger partial charge is 0.268 e. The molecule has 0 unspecified atom stereocenters. The molecule has 0 bridgehead atoms. The third-order valence-electron chi connectivity index (χ3n) is 5.59. The maximum absolute atomic E-state index is 13.3. The molecule has 9 heteroatoms. The first-order chi connectivity index (χ1) is 15.9. The van der Waals surface area contributed by atoms with Crippen LogP contribution in [0.4, 0.5) is 10.1 Å². The van der Waals surface area contributed by atoms with Crippen molar-refractivity contribution in [3.63, 3.8) is 0 Å². The first kappa shape index (κ1) is 22.9. The van der Waals surface area contributed by atoms with Crippen LogP contribution in [0.3, 0.4) is 0 Å². The molecule has 1 aliphatic rings. The number of para-hydroxylation sites is 1. The predicted molar refractivity (Wildman–Crippen MR) is 123 cm³/mol. The minimum Gasteiger partial charge on any atom is -0.369 e. The Balaban J connectivity index is 1.49. The Morgan fingerprint density at radius 1 is 0.939 bits per heavy atom. The van der Waals surface area contributed by atoms with E-state index >= 15 is 0 Å². The molecular formula is C24H25FN4O3S. The molecule has 0 atom stereocenters. The number of carbonyl (C=O) groups excluding carboxylic acids is 1. The molecule has 1 saturated heterocycles. The van der Waals surface area contributed by atoms with E-state index in [9.17, 15) is 17.6 Å². The second kappa shape index (κ2) is 10.1. The highest BCUT2D eigenvalue weighted by atomic mass is 32.2. The lowest BCUT2D eigenvalue weighted by Gasteiger charge is -2.36. The van der Waals surface area contributed by atoms with Crippen LogP contribution in [0.5, 0.6) is 0 Å². The number of amides is 1. The van der Waals surface area contributed by atoms with Crippen LogP contribution < -0.4 is 4.90 Å². The van der Waals surface area contributed by atoms with Crippen molar-refractivity contribution >= 4 is 21.6 Å². The molecular weight excluding hydrogens is 443 g/mol. The van der Waals surface area contributed by atoms with Gasteiger partial charge in [0.05, 0.1) is 13.1 Å². The summed E-state index contributed by atoms with van der Waals surface area (Å²) in [5.74, 6) is -0.959. The molecule has 0 saturated carbocycles. The van der Waals surface area contributed by atoms with Crippen molar-refractivity contribution in [2.45, 2.75) is 11.4 Å². The van der Waals surface area contributed by atoms with Gasteiger partial charge in [-0.2, -0.15) is 0 Å². The Kier molecular flexibility index (Phi) is 7.00. The number of piperazine rings is 1. The van der Waals surface area contributed by atoms with Gasteiger partial charge >= 0.3 is 0 Å². The Labute approximate surface area is 193 Å². The van der Waals surface area contributed by atoms with Gasteiger partial charge in [0.2, 0.25) is 0 Å². The van der Waals surface area contributed by atoms with Gasteiger partial charge < -0.3 is 4.90 Å². The van der Waals surface area contributed by atoms with Crippen LogP contribution >= 0.6 is 0 Å². The van der Waals surface area contributed by atoms with E-state index in [-0.39, 0.29) is 18.0 Å². The standard InChI is InChI=1S/C24H25FN4O3S/c25-21-10-8-20(9-11-21)18-29(33(31,32)23-7-4-12-26-17-23)24(30)19-27-13-15-28(16-14-27)22-5-2-1-3-6-22/h1-12,17H,13-16,18-19H2. The largest absolute Gasteiger partial charge is 0.369 e. The summed E-state index contributed by atoms with van der Waals surface area (Å²) in [6.45, 7) is 2.55. The normalized spacial score (nSPS) is 14.8. The number of rotatable bonds is 7. The van der Waals surface area contributed by atoms with Crippen LogP contribution in [0.2, 0.25) is 0 Å². The lowest BCUT2D eigenvalue weighted by atomic mass is 10.2. The van der Waals surface area contributed by atoms with Crippen molar-refractivity contribution in [1.82, 2.24) is 14.2 Å². The zero-order chi connectivity index (χ0) is 23.3. The molecule has 1 aromatic heterocycles. The lowest BCUT2D eigenvalue weighted by molar-refractivity contribution is -0.128. The van der Waals surface area contributed by atoms with Gasteiger partial charge in [-0.15, -0.1) is 0 Å². The minimum absolute atomic E-state index is 0.0245. The number of nitrogens with zero attached hydrogens (tertiary/aromatic N) is 4. The molecule has 1 fully saturated rings. The van der Waals surface area contributed by atoms with Gasteiger partial charge in [-0.05, 0) is 42.0 Å². The van der Waals surface area contributed by atoms with Crippen LogP contribution in [-0.4, -0.2) is 61.2 Å². The average Bonchev–Trinajstić information content (AvgIpc) is 2.85. The number of aromatic nitrogens is 1. The second-order valence-corrected chi connectivity index (χ2v) is 9.68. The summed E-state index contributed by atoms with van der Waals surface area (Å²) in [7, 11) is -4.12. The molecule has 1 amide bonds. The number of hydrogen-bond donors (Lipinski definition) is 0. The molecule has 7 nitrogen and oxygen atoms in total. The van der Waals surface area contributed by atoms with E-state index in [1.165, 1.54) is 48.8 Å². The zero-order valence-corrected chi connectivity index (χ0v) is 18.9. The molecule has 172 valence electrons. The van der Waals surface area contributed by atoms with Crippen LogP contribution in [-0.2, 0) is 21.4 Å². The van der Waals surface area contributed by atoms with Gasteiger partial charge in [0.25, 0.3) is 15.9 Å². The van der Waals surface area contributed by atoms with Crippen molar-refractivity contribution in [2.24, 2.45) is 0 Å². The number of halogens is 1. The molecule has 1 aliphatic heterocycles. The monoisotopic (exact) mass is 468 g/mol. The third-order valence-corrected chi connectivity index (χ3v) is 7.34. The van der Waals surface area contributed by atoms with Gasteiger partial charge in [-0.3, -0.25) is 14.7 Å². The Hall–Kier alpha value is -3.30. The molecule has 33 heavy (non-hydrogen) atoms. The Morgan fingerprint density at radius 3 is 2.27 bits per heavy atom. The van der Waals surface area contributed by atoms with Gasteiger partial charge in [0.1, 0.15) is 10.7 Å². The highest BCUT2D eigenvalue weighted by Gasteiger charge is 2.31. The molecule has 0 aliphatic carbocycles. The van der Waals surface area contributed by atoms with E-state index in [4.69, 9.17) is 0 Å². The van der Waals surface area contributed by atoms with Gasteiger partial charge in [-0.1, -0.05) is 30.3 Å². The first-order valence-corrected chi connectivity index (χ1v) is 12.1. The summed E-state index contributed by atoms with van der Waals surface area (Å²) in [6, 6.07) is 18.4. The van der Waals surface area contributed by atoms with Crippen LogP contribution in [0.1, 0.15) is 5.56 Å². The highest BCUT2D eigenvalue weighted by molar-refractivity contribution is 7.89. The third kappa shape index (κ3) is 5.55. The van der Waals surface area contributed by atoms with Crippen molar-refractivity contribution in [3.05, 3.63) is 90.5 Å². The number of sulfonamides is 1. The molecule has 0 radical (unpaired) electrons. The van der Waals surface area contributed by atoms with Crippen molar-refractivity contribution in [2.75, 3.05) is 37.6 Å². The molecule has 2 aromatic carbocycles. The highest BCUT2D eigenvalue weighted by Crippen LogP contribution is 2.20. The predicted octanol–water partition coefficient (Wildman–Crippen LogP) is 2.76. The summed E-state index contributed by atoms with van der Waals surface area (Å²) in [5, 5.41) is 0. The summed E-state index contributed by atoms with van der Waals surface area (Å²) in [6.07, 6.45) is 2.69. The Bertz CT molecular complexity index is 1170. The molecule has 0 spiro atoms. The van der Waals surface area contributed by atoms with Crippen LogP contribution in [0.25, 0.3) is 0 Å². The SMILES string of the molecule is O=C(CN1CCN(c2ccccc2)CC1)N(Cc1ccc(F)cc1)S(=O)(=O)c1cccnc1. The van der Waals surface area contributed by atoms with Gasteiger partial charge in [0.15, 0.2) is 0 Å². The summed E-state index contributed by atoms with van der Waals surface area (Å²) >= 11 is 0. The fourth-order valence-corrected chi connectivity index (χ4v) is 5.11. The van der Waals surface area contributed by atoms with Crippen LogP contribution in [0.15, 0.2) is 84.0 Å². The first-order valence-electron chi connectivity index (χ1n) is 10.7. The fourth-order valence-electron chi connectivity index (χ4n) is 3.76. The van der Waals surface area contributed by atoms with Crippen molar-refractivity contribution < 1.29 is 17.6 Å². The maximum atomic E-state index is 13.3. The molecule has 4 rings (SSSR count). The van der Waals surface area contributed by atoms with E-state index in [2.05, 4.69) is 9.88 Å². The second-order valence-electron chi connectivity index (χ2n) is 7.82. The number of benzene rings is 2. The fraction of sp³-hybridized carbons (Fsp3) is 0.250. The summed E-state index contributed by atoms with van der Waals surface area (Å²) in [4.78, 5) is 21.3. The molecule has 2 heterocycles. The Morgan fingerprint density at radius 2 is 1.64 bits per heavy atom. The number of hydrogen-bond acceptors (Lipinski definition) is 6. The topological polar surface area (TPSA) is 73.8 Å². The maximum Gasteiger partial charge on any atom is 0.268 e. The number of carbonyl (C=O) groups is 1. The molecule has 3 aromatic rings. The van der Waals surface area contributed by atoms with Crippen molar-refractivity contribution in [3.8, 4) is 0 Å². The van der Waals surface area contributed by atoms with E-state index in [1.54, 1.807) is 0 Å². The van der Waals surface area contributed by atoms with Gasteiger partial charge in [0, 0.05) is 44.3 Å². The lowest BCUT2D eigenvalue weighted by Crippen LogP contribution is -2.50. The summed E-state index contributed by atoms with van der Waals surface area (Å²) < 4.78 is 40.8. The van der Waals surface area contributed by atoms with Gasteiger partial charge in [-0.25, -0.2) is 17.1 Å². The summed E-state index contributed by atoms with van der Waals surface area (Å²) in [5.41, 5.74) is 1.65. The zero-order valence-electron chi connectivity index (χ0n) is 18.0. The minimum atomic E-state index is -4.12. The molecule has 0 N–H and O–H groups in total. The van der Waals surface area contributed by atoms with E-state index in [1.807, 2.05) is 35.2 Å². The van der Waals surface area contributed by atoms with E-state index in [0.717, 1.165) is 23.1 Å². The van der Waals surface area contributed by atoms with E-state index in [0.29, 0.717) is 18.7 Å². The quantitative estimate of drug-likeness (QED) is 0.531. The van der Waals surface area contributed by atoms with Crippen LogP contribution in [0, 0.1) is 5.82 Å². The van der Waals surface area contributed by atoms with Crippen molar-refractivity contribution in [1.29, 1.82) is 0 Å². The van der Waals surface area contributed by atoms with E-state index < -0.39 is 21.7 Å². The average molecular weight is 469 g/mol.